The number of halogens is 1. The van der Waals surface area contributed by atoms with Crippen molar-refractivity contribution in [1.82, 2.24) is 0 Å². The molecule has 3 rings (SSSR count). The third-order valence-electron chi connectivity index (χ3n) is 4.34. The van der Waals surface area contributed by atoms with Gasteiger partial charge in [-0.2, -0.15) is 0 Å². The van der Waals surface area contributed by atoms with Gasteiger partial charge in [-0.25, -0.2) is 0 Å². The lowest BCUT2D eigenvalue weighted by Gasteiger charge is -2.23. The number of rotatable bonds is 3. The van der Waals surface area contributed by atoms with E-state index in [1.807, 2.05) is 0 Å². The zero-order valence-corrected chi connectivity index (χ0v) is 14.5. The van der Waals surface area contributed by atoms with Crippen molar-refractivity contribution in [3.05, 3.63) is 66.2 Å². The minimum absolute atomic E-state index is 0. The Labute approximate surface area is 133 Å². The van der Waals surface area contributed by atoms with Crippen LogP contribution in [-0.2, 0) is 6.16 Å². The summed E-state index contributed by atoms with van der Waals surface area (Å²) in [6.45, 7) is 2.43. The van der Waals surface area contributed by atoms with Crippen molar-refractivity contribution >= 4 is 12.6 Å². The highest BCUT2D eigenvalue weighted by atomic mass is 79.9. The maximum absolute atomic E-state index is 2.43. The predicted octanol–water partition coefficient (Wildman–Crippen LogP) is 1.57. The van der Waals surface area contributed by atoms with Crippen LogP contribution in [0.15, 0.2) is 60.7 Å². The summed E-state index contributed by atoms with van der Waals surface area (Å²) in [7, 11) is -0.977. The van der Waals surface area contributed by atoms with E-state index >= 15 is 0 Å². The molecule has 106 valence electrons. The summed E-state index contributed by atoms with van der Waals surface area (Å²) < 4.78 is 0. The van der Waals surface area contributed by atoms with E-state index < -0.39 is 7.26 Å². The van der Waals surface area contributed by atoms with Gasteiger partial charge in [-0.3, -0.25) is 0 Å². The van der Waals surface area contributed by atoms with Crippen molar-refractivity contribution in [3.63, 3.8) is 0 Å². The smallest absolute Gasteiger partial charge is 0.0943 e. The summed E-state index contributed by atoms with van der Waals surface area (Å²) >= 11 is 0. The third kappa shape index (κ3) is 3.32. The van der Waals surface area contributed by atoms with Crippen LogP contribution in [0.5, 0.6) is 0 Å². The van der Waals surface area contributed by atoms with Crippen LogP contribution < -0.4 is 22.3 Å². The summed E-state index contributed by atoms with van der Waals surface area (Å²) in [4.78, 5) is 0. The van der Waals surface area contributed by atoms with E-state index in [1.165, 1.54) is 30.5 Å². The van der Waals surface area contributed by atoms with E-state index in [4.69, 9.17) is 0 Å². The summed E-state index contributed by atoms with van der Waals surface area (Å²) in [5, 5.41) is 1.64. The first kappa shape index (κ1) is 15.7. The zero-order chi connectivity index (χ0) is 13.1. The molecular formula is C18H22BrP. The van der Waals surface area contributed by atoms with E-state index in [0.717, 1.165) is 5.92 Å². The summed E-state index contributed by atoms with van der Waals surface area (Å²) in [5.74, 6) is 0.900. The minimum Gasteiger partial charge on any atom is -1.00 e. The third-order valence-corrected chi connectivity index (χ3v) is 9.14. The second kappa shape index (κ2) is 6.87. The number of hydrogen-bond donors (Lipinski definition) is 0. The van der Waals surface area contributed by atoms with Crippen molar-refractivity contribution in [2.45, 2.75) is 19.5 Å². The lowest BCUT2D eigenvalue weighted by atomic mass is 10.2. The van der Waals surface area contributed by atoms with Crippen molar-refractivity contribution < 1.29 is 17.0 Å². The first-order valence-corrected chi connectivity index (χ1v) is 9.59. The van der Waals surface area contributed by atoms with E-state index in [9.17, 15) is 0 Å². The van der Waals surface area contributed by atoms with Crippen molar-refractivity contribution in [2.24, 2.45) is 5.92 Å². The van der Waals surface area contributed by atoms with Crippen molar-refractivity contribution in [1.29, 1.82) is 0 Å². The largest absolute Gasteiger partial charge is 1.00 e. The van der Waals surface area contributed by atoms with Crippen LogP contribution in [0.2, 0.25) is 0 Å². The Hall–Kier alpha value is -0.650. The van der Waals surface area contributed by atoms with Gasteiger partial charge in [0.25, 0.3) is 0 Å². The van der Waals surface area contributed by atoms with Crippen molar-refractivity contribution in [3.8, 4) is 0 Å². The molecular weight excluding hydrogens is 327 g/mol. The van der Waals surface area contributed by atoms with Gasteiger partial charge in [-0.1, -0.05) is 55.5 Å². The second-order valence-electron chi connectivity index (χ2n) is 5.92. The molecule has 2 aromatic rings. The van der Waals surface area contributed by atoms with Crippen LogP contribution >= 0.6 is 7.26 Å². The fourth-order valence-corrected chi connectivity index (χ4v) is 8.54. The lowest BCUT2D eigenvalue weighted by molar-refractivity contribution is -0.00000399. The SMILES string of the molecule is C[C@H]1CC[P+](Cc2ccccc2)(c2ccccc2)C1.[Br-]. The molecule has 2 atom stereocenters. The normalized spacial score (nSPS) is 25.1. The van der Waals surface area contributed by atoms with Gasteiger partial charge >= 0.3 is 0 Å². The van der Waals surface area contributed by atoms with Gasteiger partial charge in [-0.15, -0.1) is 0 Å². The summed E-state index contributed by atoms with van der Waals surface area (Å²) in [6.07, 6.45) is 5.58. The molecule has 20 heavy (non-hydrogen) atoms. The Bertz CT molecular complexity index is 526. The lowest BCUT2D eigenvalue weighted by Crippen LogP contribution is -3.00. The molecule has 0 bridgehead atoms. The van der Waals surface area contributed by atoms with Gasteiger partial charge in [0, 0.05) is 0 Å². The molecule has 2 heteroatoms. The quantitative estimate of drug-likeness (QED) is 0.738. The molecule has 0 saturated carbocycles. The Balaban J connectivity index is 0.00000147. The highest BCUT2D eigenvalue weighted by molar-refractivity contribution is 7.82. The van der Waals surface area contributed by atoms with Crippen LogP contribution in [0.25, 0.3) is 0 Å². The molecule has 0 nitrogen and oxygen atoms in total. The molecule has 2 aromatic carbocycles. The van der Waals surface area contributed by atoms with E-state index in [0.29, 0.717) is 0 Å². The van der Waals surface area contributed by atoms with Gasteiger partial charge in [0.2, 0.25) is 0 Å². The van der Waals surface area contributed by atoms with Crippen LogP contribution in [0.3, 0.4) is 0 Å². The highest BCUT2D eigenvalue weighted by Gasteiger charge is 2.46. The Morgan fingerprint density at radius 2 is 1.55 bits per heavy atom. The first-order chi connectivity index (χ1) is 9.28. The van der Waals surface area contributed by atoms with E-state index in [1.54, 1.807) is 5.30 Å². The standard InChI is InChI=1S/C18H22P.BrH/c1-16-12-13-19(14-16,18-10-6-3-7-11-18)15-17-8-4-2-5-9-17;/h2-11,16H,12-15H2,1H3;1H/q+1;/p-1/t16-,19?;/m0./s1. The Kier molecular flexibility index (Phi) is 5.41. The molecule has 0 spiro atoms. The zero-order valence-electron chi connectivity index (χ0n) is 12.0. The summed E-state index contributed by atoms with van der Waals surface area (Å²) in [6, 6.07) is 22.4. The van der Waals surface area contributed by atoms with Crippen molar-refractivity contribution in [2.75, 3.05) is 12.3 Å². The van der Waals surface area contributed by atoms with Gasteiger partial charge in [-0.05, 0) is 30.0 Å². The number of hydrogen-bond acceptors (Lipinski definition) is 0. The molecule has 0 radical (unpaired) electrons. The predicted molar refractivity (Wildman–Crippen MR) is 86.7 cm³/mol. The molecule has 0 aliphatic carbocycles. The van der Waals surface area contributed by atoms with Gasteiger partial charge in [0.05, 0.1) is 31.1 Å². The Morgan fingerprint density at radius 3 is 2.10 bits per heavy atom. The maximum atomic E-state index is 2.43. The molecule has 1 aliphatic rings. The topological polar surface area (TPSA) is 0 Å². The Morgan fingerprint density at radius 1 is 0.950 bits per heavy atom. The highest BCUT2D eigenvalue weighted by Crippen LogP contribution is 2.66. The summed E-state index contributed by atoms with van der Waals surface area (Å²) in [5.41, 5.74) is 1.52. The second-order valence-corrected chi connectivity index (χ2v) is 9.86. The van der Waals surface area contributed by atoms with Gasteiger partial charge in [0.1, 0.15) is 0 Å². The molecule has 0 amide bonds. The first-order valence-electron chi connectivity index (χ1n) is 7.24. The molecule has 1 unspecified atom stereocenters. The van der Waals surface area contributed by atoms with Gasteiger partial charge in [0.15, 0.2) is 0 Å². The van der Waals surface area contributed by atoms with Crippen LogP contribution in [0, 0.1) is 5.92 Å². The van der Waals surface area contributed by atoms with Crippen LogP contribution in [-0.4, -0.2) is 12.3 Å². The van der Waals surface area contributed by atoms with E-state index in [2.05, 4.69) is 67.6 Å². The fraction of sp³-hybridized carbons (Fsp3) is 0.333. The molecule has 0 N–H and O–H groups in total. The molecule has 1 fully saturated rings. The molecule has 1 heterocycles. The van der Waals surface area contributed by atoms with Gasteiger partial charge < -0.3 is 17.0 Å². The average Bonchev–Trinajstić information content (AvgIpc) is 2.83. The number of benzene rings is 2. The average molecular weight is 349 g/mol. The maximum Gasteiger partial charge on any atom is 0.0943 e. The monoisotopic (exact) mass is 348 g/mol. The molecule has 1 saturated heterocycles. The van der Waals surface area contributed by atoms with Crippen LogP contribution in [0.1, 0.15) is 18.9 Å². The van der Waals surface area contributed by atoms with Crippen LogP contribution in [0.4, 0.5) is 0 Å². The molecule has 0 aromatic heterocycles. The fourth-order valence-electron chi connectivity index (χ4n) is 3.39. The minimum atomic E-state index is -0.977. The van der Waals surface area contributed by atoms with E-state index in [-0.39, 0.29) is 17.0 Å². The molecule has 1 aliphatic heterocycles.